The van der Waals surface area contributed by atoms with Gasteiger partial charge >= 0.3 is 0 Å². The third-order valence-corrected chi connectivity index (χ3v) is 4.09. The number of aromatic nitrogens is 4. The standard InChI is InChI=1S/C17H17N5O2/c23-17(21-5-7-24-8-6-21)12-22-11-16(19-20-22)14-9-13-3-1-2-4-15(13)18-10-14/h1-4,9-11H,5-8,12H2. The van der Waals surface area contributed by atoms with Crippen LogP contribution in [0.25, 0.3) is 22.2 Å². The number of para-hydroxylation sites is 1. The first-order valence-electron chi connectivity index (χ1n) is 7.90. The molecule has 3 aromatic rings. The molecule has 1 aromatic carbocycles. The molecule has 0 radical (unpaired) electrons. The Balaban J connectivity index is 1.52. The van der Waals surface area contributed by atoms with Gasteiger partial charge in [-0.2, -0.15) is 0 Å². The highest BCUT2D eigenvalue weighted by molar-refractivity contribution is 5.82. The van der Waals surface area contributed by atoms with E-state index in [0.717, 1.165) is 16.5 Å². The molecule has 1 aliphatic heterocycles. The highest BCUT2D eigenvalue weighted by Crippen LogP contribution is 2.20. The molecule has 1 saturated heterocycles. The molecule has 1 fully saturated rings. The second kappa shape index (κ2) is 6.37. The lowest BCUT2D eigenvalue weighted by atomic mass is 10.1. The van der Waals surface area contributed by atoms with Gasteiger partial charge in [0.05, 0.1) is 24.9 Å². The molecule has 0 atom stereocenters. The smallest absolute Gasteiger partial charge is 0.244 e. The highest BCUT2D eigenvalue weighted by Gasteiger charge is 2.18. The van der Waals surface area contributed by atoms with Crippen molar-refractivity contribution in [1.29, 1.82) is 0 Å². The van der Waals surface area contributed by atoms with E-state index < -0.39 is 0 Å². The molecule has 0 unspecified atom stereocenters. The average molecular weight is 323 g/mol. The van der Waals surface area contributed by atoms with Crippen LogP contribution in [-0.2, 0) is 16.1 Å². The van der Waals surface area contributed by atoms with E-state index in [2.05, 4.69) is 15.3 Å². The van der Waals surface area contributed by atoms with E-state index in [0.29, 0.717) is 32.0 Å². The normalized spacial score (nSPS) is 14.9. The fourth-order valence-electron chi connectivity index (χ4n) is 2.77. The number of carbonyl (C=O) groups is 1. The summed E-state index contributed by atoms with van der Waals surface area (Å²) < 4.78 is 6.83. The molecule has 1 amide bonds. The number of carbonyl (C=O) groups excluding carboxylic acids is 1. The molecule has 0 bridgehead atoms. The van der Waals surface area contributed by atoms with Gasteiger partial charge in [-0.15, -0.1) is 5.10 Å². The molecule has 0 saturated carbocycles. The Morgan fingerprint density at radius 3 is 2.92 bits per heavy atom. The zero-order valence-electron chi connectivity index (χ0n) is 13.1. The number of benzene rings is 1. The Morgan fingerprint density at radius 2 is 2.04 bits per heavy atom. The zero-order valence-corrected chi connectivity index (χ0v) is 13.1. The number of fused-ring (bicyclic) bond motifs is 1. The molecular weight excluding hydrogens is 306 g/mol. The predicted octanol–water partition coefficient (Wildman–Crippen LogP) is 1.35. The Kier molecular flexibility index (Phi) is 3.92. The lowest BCUT2D eigenvalue weighted by Crippen LogP contribution is -2.42. The monoisotopic (exact) mass is 323 g/mol. The lowest BCUT2D eigenvalue weighted by Gasteiger charge is -2.26. The summed E-state index contributed by atoms with van der Waals surface area (Å²) in [7, 11) is 0. The van der Waals surface area contributed by atoms with Gasteiger partial charge in [0, 0.05) is 30.2 Å². The van der Waals surface area contributed by atoms with Gasteiger partial charge in [0.1, 0.15) is 12.2 Å². The summed E-state index contributed by atoms with van der Waals surface area (Å²) in [6.45, 7) is 2.65. The van der Waals surface area contributed by atoms with Crippen molar-refractivity contribution in [2.75, 3.05) is 26.3 Å². The fourth-order valence-corrected chi connectivity index (χ4v) is 2.77. The van der Waals surface area contributed by atoms with Crippen molar-refractivity contribution in [1.82, 2.24) is 24.9 Å². The lowest BCUT2D eigenvalue weighted by molar-refractivity contribution is -0.136. The second-order valence-corrected chi connectivity index (χ2v) is 5.71. The maximum absolute atomic E-state index is 12.3. The highest BCUT2D eigenvalue weighted by atomic mass is 16.5. The maximum atomic E-state index is 12.3. The molecule has 7 nitrogen and oxygen atoms in total. The molecule has 1 aliphatic rings. The zero-order chi connectivity index (χ0) is 16.4. The van der Waals surface area contributed by atoms with E-state index >= 15 is 0 Å². The van der Waals surface area contributed by atoms with Crippen molar-refractivity contribution in [3.05, 3.63) is 42.7 Å². The summed E-state index contributed by atoms with van der Waals surface area (Å²) in [5, 5.41) is 9.29. The van der Waals surface area contributed by atoms with Crippen LogP contribution >= 0.6 is 0 Å². The Labute approximate surface area is 138 Å². The Hall–Kier alpha value is -2.80. The summed E-state index contributed by atoms with van der Waals surface area (Å²) >= 11 is 0. The number of amides is 1. The number of morpholine rings is 1. The van der Waals surface area contributed by atoms with Crippen LogP contribution in [0.2, 0.25) is 0 Å². The number of rotatable bonds is 3. The van der Waals surface area contributed by atoms with Crippen molar-refractivity contribution in [2.24, 2.45) is 0 Å². The van der Waals surface area contributed by atoms with Crippen molar-refractivity contribution in [3.8, 4) is 11.3 Å². The number of pyridine rings is 1. The SMILES string of the molecule is O=C(Cn1cc(-c2cnc3ccccc3c2)nn1)N1CCOCC1. The van der Waals surface area contributed by atoms with Gasteiger partial charge in [-0.05, 0) is 12.1 Å². The minimum atomic E-state index is 0.0337. The van der Waals surface area contributed by atoms with Crippen molar-refractivity contribution in [3.63, 3.8) is 0 Å². The first-order valence-corrected chi connectivity index (χ1v) is 7.90. The van der Waals surface area contributed by atoms with Gasteiger partial charge in [-0.3, -0.25) is 9.78 Å². The van der Waals surface area contributed by atoms with Crippen LogP contribution in [0.3, 0.4) is 0 Å². The van der Waals surface area contributed by atoms with Crippen molar-refractivity contribution in [2.45, 2.75) is 6.54 Å². The largest absolute Gasteiger partial charge is 0.378 e. The molecule has 122 valence electrons. The molecule has 7 heteroatoms. The summed E-state index contributed by atoms with van der Waals surface area (Å²) in [4.78, 5) is 18.5. The first kappa shape index (κ1) is 14.8. The van der Waals surface area contributed by atoms with Crippen LogP contribution in [0.5, 0.6) is 0 Å². The predicted molar refractivity (Wildman–Crippen MR) is 88.2 cm³/mol. The third kappa shape index (κ3) is 2.98. The summed E-state index contributed by atoms with van der Waals surface area (Å²) in [5.41, 5.74) is 2.54. The number of hydrogen-bond acceptors (Lipinski definition) is 5. The number of ether oxygens (including phenoxy) is 1. The van der Waals surface area contributed by atoms with E-state index in [1.807, 2.05) is 30.3 Å². The quantitative estimate of drug-likeness (QED) is 0.727. The first-order chi connectivity index (χ1) is 11.8. The Morgan fingerprint density at radius 1 is 1.21 bits per heavy atom. The molecule has 24 heavy (non-hydrogen) atoms. The van der Waals surface area contributed by atoms with Crippen molar-refractivity contribution >= 4 is 16.8 Å². The number of hydrogen-bond donors (Lipinski definition) is 0. The topological polar surface area (TPSA) is 73.1 Å². The van der Waals surface area contributed by atoms with Crippen LogP contribution < -0.4 is 0 Å². The molecule has 0 N–H and O–H groups in total. The van der Waals surface area contributed by atoms with Crippen molar-refractivity contribution < 1.29 is 9.53 Å². The van der Waals surface area contributed by atoms with Crippen LogP contribution in [0, 0.1) is 0 Å². The van der Waals surface area contributed by atoms with Crippen LogP contribution in [0.1, 0.15) is 0 Å². The Bertz CT molecular complexity index is 870. The van der Waals surface area contributed by atoms with E-state index in [-0.39, 0.29) is 12.5 Å². The van der Waals surface area contributed by atoms with Gasteiger partial charge in [0.2, 0.25) is 5.91 Å². The fraction of sp³-hybridized carbons (Fsp3) is 0.294. The average Bonchev–Trinajstić information content (AvgIpc) is 3.10. The van der Waals surface area contributed by atoms with E-state index in [4.69, 9.17) is 4.74 Å². The second-order valence-electron chi connectivity index (χ2n) is 5.71. The molecule has 0 aliphatic carbocycles. The number of nitrogens with zero attached hydrogens (tertiary/aromatic N) is 5. The summed E-state index contributed by atoms with van der Waals surface area (Å²) in [6.07, 6.45) is 3.56. The maximum Gasteiger partial charge on any atom is 0.244 e. The van der Waals surface area contributed by atoms with Gasteiger partial charge < -0.3 is 9.64 Å². The minimum absolute atomic E-state index is 0.0337. The van der Waals surface area contributed by atoms with Crippen LogP contribution in [0.15, 0.2) is 42.7 Å². The summed E-state index contributed by atoms with van der Waals surface area (Å²) in [6, 6.07) is 9.95. The molecule has 2 aromatic heterocycles. The molecular formula is C17H17N5O2. The van der Waals surface area contributed by atoms with Gasteiger partial charge in [0.15, 0.2) is 0 Å². The molecule has 3 heterocycles. The van der Waals surface area contributed by atoms with E-state index in [9.17, 15) is 4.79 Å². The van der Waals surface area contributed by atoms with Crippen LogP contribution in [0.4, 0.5) is 0 Å². The van der Waals surface area contributed by atoms with E-state index in [1.165, 1.54) is 0 Å². The molecule has 0 spiro atoms. The molecule has 4 rings (SSSR count). The van der Waals surface area contributed by atoms with Crippen LogP contribution in [-0.4, -0.2) is 57.1 Å². The van der Waals surface area contributed by atoms with Gasteiger partial charge in [0.25, 0.3) is 0 Å². The van der Waals surface area contributed by atoms with E-state index in [1.54, 1.807) is 22.0 Å². The third-order valence-electron chi connectivity index (χ3n) is 4.09. The summed E-state index contributed by atoms with van der Waals surface area (Å²) in [5.74, 6) is 0.0337. The minimum Gasteiger partial charge on any atom is -0.378 e. The van der Waals surface area contributed by atoms with Gasteiger partial charge in [-0.25, -0.2) is 4.68 Å². The van der Waals surface area contributed by atoms with Gasteiger partial charge in [-0.1, -0.05) is 23.4 Å².